The van der Waals surface area contributed by atoms with Gasteiger partial charge in [0.2, 0.25) is 0 Å². The number of methoxy groups -OCH3 is 1. The summed E-state index contributed by atoms with van der Waals surface area (Å²) in [6.45, 7) is 3.33. The molecule has 0 aliphatic rings. The molecule has 0 fully saturated rings. The van der Waals surface area contributed by atoms with Crippen LogP contribution in [0.3, 0.4) is 0 Å². The molecule has 0 saturated heterocycles. The summed E-state index contributed by atoms with van der Waals surface area (Å²) in [5.41, 5.74) is 4.80. The molecule has 0 bridgehead atoms. The number of fused-ring (bicyclic) bond motifs is 1. The molecule has 164 valence electrons. The molecule has 0 saturated carbocycles. The molecular weight excluding hydrogens is 407 g/mol. The standard InChI is InChI=1S/C26H25FN2O3/c1-17-3-12-22-23(15-28-14-18-6-10-21(32-2)11-7-18)25(26(30)31)29(24(22)13-17)16-19-4-8-20(27)9-5-19/h3-13,28H,14-16H2,1-2H3,(H,30,31). The number of nitrogens with zero attached hydrogens (tertiary/aromatic N) is 1. The van der Waals surface area contributed by atoms with Gasteiger partial charge in [0.05, 0.1) is 7.11 Å². The first-order valence-electron chi connectivity index (χ1n) is 10.4. The molecule has 4 aromatic rings. The van der Waals surface area contributed by atoms with E-state index in [1.54, 1.807) is 19.2 Å². The van der Waals surface area contributed by atoms with Gasteiger partial charge < -0.3 is 19.7 Å². The van der Waals surface area contributed by atoms with Gasteiger partial charge >= 0.3 is 5.97 Å². The molecule has 2 N–H and O–H groups in total. The fraction of sp³-hybridized carbons (Fsp3) is 0.192. The molecule has 1 heterocycles. The van der Waals surface area contributed by atoms with Crippen LogP contribution in [0, 0.1) is 12.7 Å². The van der Waals surface area contributed by atoms with Crippen molar-refractivity contribution in [2.75, 3.05) is 7.11 Å². The van der Waals surface area contributed by atoms with Crippen LogP contribution in [0.1, 0.15) is 32.7 Å². The molecule has 0 spiro atoms. The van der Waals surface area contributed by atoms with Gasteiger partial charge in [0.15, 0.2) is 0 Å². The number of carboxylic acid groups (broad SMARTS) is 1. The van der Waals surface area contributed by atoms with Crippen LogP contribution in [-0.4, -0.2) is 22.8 Å². The summed E-state index contributed by atoms with van der Waals surface area (Å²) in [6, 6.07) is 19.9. The summed E-state index contributed by atoms with van der Waals surface area (Å²) in [6.07, 6.45) is 0. The van der Waals surface area contributed by atoms with Gasteiger partial charge in [-0.1, -0.05) is 36.4 Å². The van der Waals surface area contributed by atoms with Crippen molar-refractivity contribution in [3.05, 3.63) is 100 Å². The Balaban J connectivity index is 1.68. The zero-order chi connectivity index (χ0) is 22.7. The molecule has 0 aliphatic heterocycles. The summed E-state index contributed by atoms with van der Waals surface area (Å²) in [5.74, 6) is -0.507. The lowest BCUT2D eigenvalue weighted by molar-refractivity contribution is 0.0684. The van der Waals surface area contributed by atoms with Gasteiger partial charge in [-0.3, -0.25) is 0 Å². The third kappa shape index (κ3) is 4.50. The van der Waals surface area contributed by atoms with Crippen LogP contribution in [0.4, 0.5) is 4.39 Å². The van der Waals surface area contributed by atoms with Crippen molar-refractivity contribution in [1.82, 2.24) is 9.88 Å². The quantitative estimate of drug-likeness (QED) is 0.405. The molecular formula is C26H25FN2O3. The Labute approximate surface area is 186 Å². The summed E-state index contributed by atoms with van der Waals surface area (Å²) in [5, 5.41) is 14.4. The second-order valence-corrected chi connectivity index (χ2v) is 7.82. The number of aromatic nitrogens is 1. The first kappa shape index (κ1) is 21.6. The maximum Gasteiger partial charge on any atom is 0.352 e. The van der Waals surface area contributed by atoms with Crippen LogP contribution in [-0.2, 0) is 19.6 Å². The lowest BCUT2D eigenvalue weighted by Gasteiger charge is -2.10. The Hall–Kier alpha value is -3.64. The highest BCUT2D eigenvalue weighted by molar-refractivity contribution is 5.98. The lowest BCUT2D eigenvalue weighted by atomic mass is 10.1. The fourth-order valence-electron chi connectivity index (χ4n) is 3.97. The van der Waals surface area contributed by atoms with E-state index in [4.69, 9.17) is 4.74 Å². The van der Waals surface area contributed by atoms with Crippen molar-refractivity contribution in [2.24, 2.45) is 0 Å². The number of benzene rings is 3. The van der Waals surface area contributed by atoms with E-state index in [2.05, 4.69) is 5.32 Å². The van der Waals surface area contributed by atoms with E-state index >= 15 is 0 Å². The molecule has 6 heteroatoms. The largest absolute Gasteiger partial charge is 0.497 e. The molecule has 0 atom stereocenters. The highest BCUT2D eigenvalue weighted by Gasteiger charge is 2.22. The van der Waals surface area contributed by atoms with Crippen molar-refractivity contribution in [1.29, 1.82) is 0 Å². The van der Waals surface area contributed by atoms with E-state index in [1.807, 2.05) is 54.0 Å². The van der Waals surface area contributed by atoms with Crippen LogP contribution in [0.25, 0.3) is 10.9 Å². The van der Waals surface area contributed by atoms with E-state index in [9.17, 15) is 14.3 Å². The second kappa shape index (κ2) is 9.24. The molecule has 0 aliphatic carbocycles. The maximum atomic E-state index is 13.3. The Bertz CT molecular complexity index is 1250. The van der Waals surface area contributed by atoms with Gasteiger partial charge in [-0.15, -0.1) is 0 Å². The number of carboxylic acids is 1. The number of aryl methyl sites for hydroxylation is 1. The number of ether oxygens (including phenoxy) is 1. The molecule has 32 heavy (non-hydrogen) atoms. The second-order valence-electron chi connectivity index (χ2n) is 7.82. The Morgan fingerprint density at radius 1 is 1.00 bits per heavy atom. The minimum atomic E-state index is -0.984. The number of aromatic carboxylic acids is 1. The number of hydrogen-bond donors (Lipinski definition) is 2. The molecule has 1 aromatic heterocycles. The topological polar surface area (TPSA) is 63.5 Å². The monoisotopic (exact) mass is 432 g/mol. The average molecular weight is 432 g/mol. The van der Waals surface area contributed by atoms with Gasteiger partial charge in [-0.05, 0) is 53.9 Å². The first-order valence-corrected chi connectivity index (χ1v) is 10.4. The van der Waals surface area contributed by atoms with Gasteiger partial charge in [-0.2, -0.15) is 0 Å². The highest BCUT2D eigenvalue weighted by atomic mass is 19.1. The molecule has 3 aromatic carbocycles. The summed E-state index contributed by atoms with van der Waals surface area (Å²) in [7, 11) is 1.63. The van der Waals surface area contributed by atoms with Gasteiger partial charge in [0, 0.05) is 36.1 Å². The summed E-state index contributed by atoms with van der Waals surface area (Å²) < 4.78 is 20.3. The number of hydrogen-bond acceptors (Lipinski definition) is 3. The Morgan fingerprint density at radius 2 is 1.69 bits per heavy atom. The van der Waals surface area contributed by atoms with E-state index in [0.717, 1.165) is 38.9 Å². The van der Waals surface area contributed by atoms with Crippen LogP contribution in [0.15, 0.2) is 66.7 Å². The smallest absolute Gasteiger partial charge is 0.352 e. The number of carbonyl (C=O) groups is 1. The Kier molecular flexibility index (Phi) is 6.23. The summed E-state index contributed by atoms with van der Waals surface area (Å²) in [4.78, 5) is 12.3. The normalized spacial score (nSPS) is 11.1. The van der Waals surface area contributed by atoms with E-state index < -0.39 is 5.97 Å². The number of halogens is 1. The van der Waals surface area contributed by atoms with Crippen molar-refractivity contribution in [2.45, 2.75) is 26.6 Å². The molecule has 4 rings (SSSR count). The van der Waals surface area contributed by atoms with Crippen LogP contribution in [0.2, 0.25) is 0 Å². The molecule has 0 radical (unpaired) electrons. The highest BCUT2D eigenvalue weighted by Crippen LogP contribution is 2.29. The zero-order valence-corrected chi connectivity index (χ0v) is 18.1. The Morgan fingerprint density at radius 3 is 2.34 bits per heavy atom. The van der Waals surface area contributed by atoms with E-state index in [0.29, 0.717) is 19.6 Å². The van der Waals surface area contributed by atoms with Crippen LogP contribution >= 0.6 is 0 Å². The SMILES string of the molecule is COc1ccc(CNCc2c(C(=O)O)n(Cc3ccc(F)cc3)c3cc(C)ccc23)cc1. The number of rotatable bonds is 8. The lowest BCUT2D eigenvalue weighted by Crippen LogP contribution is -2.17. The van der Waals surface area contributed by atoms with Gasteiger partial charge in [0.1, 0.15) is 17.3 Å². The maximum absolute atomic E-state index is 13.3. The van der Waals surface area contributed by atoms with Crippen molar-refractivity contribution in [3.8, 4) is 5.75 Å². The van der Waals surface area contributed by atoms with Crippen LogP contribution in [0.5, 0.6) is 5.75 Å². The minimum Gasteiger partial charge on any atom is -0.497 e. The van der Waals surface area contributed by atoms with E-state index in [1.165, 1.54) is 12.1 Å². The predicted molar refractivity (Wildman–Crippen MR) is 123 cm³/mol. The van der Waals surface area contributed by atoms with Crippen molar-refractivity contribution in [3.63, 3.8) is 0 Å². The fourth-order valence-corrected chi connectivity index (χ4v) is 3.97. The van der Waals surface area contributed by atoms with E-state index in [-0.39, 0.29) is 11.5 Å². The van der Waals surface area contributed by atoms with Crippen molar-refractivity contribution >= 4 is 16.9 Å². The average Bonchev–Trinajstić information content (AvgIpc) is 3.08. The van der Waals surface area contributed by atoms with Gasteiger partial charge in [0.25, 0.3) is 0 Å². The first-order chi connectivity index (χ1) is 15.5. The van der Waals surface area contributed by atoms with Gasteiger partial charge in [-0.25, -0.2) is 9.18 Å². The third-order valence-corrected chi connectivity index (χ3v) is 5.57. The predicted octanol–water partition coefficient (Wildman–Crippen LogP) is 5.13. The molecule has 5 nitrogen and oxygen atoms in total. The molecule has 0 amide bonds. The minimum absolute atomic E-state index is 0.247. The third-order valence-electron chi connectivity index (χ3n) is 5.57. The van der Waals surface area contributed by atoms with Crippen molar-refractivity contribution < 1.29 is 19.0 Å². The summed E-state index contributed by atoms with van der Waals surface area (Å²) >= 11 is 0. The molecule has 0 unspecified atom stereocenters. The van der Waals surface area contributed by atoms with Crippen LogP contribution < -0.4 is 10.1 Å². The zero-order valence-electron chi connectivity index (χ0n) is 18.1. The number of nitrogens with one attached hydrogen (secondary N) is 1.